The molecule has 0 aliphatic rings. The molecule has 0 atom stereocenters. The summed E-state index contributed by atoms with van der Waals surface area (Å²) >= 11 is 0. The highest BCUT2D eigenvalue weighted by atomic mass is 16.7. The molecule has 258 valence electrons. The van der Waals surface area contributed by atoms with E-state index >= 15 is 0 Å². The van der Waals surface area contributed by atoms with Crippen LogP contribution in [0.4, 0.5) is 4.79 Å². The van der Waals surface area contributed by atoms with Crippen LogP contribution in [-0.4, -0.2) is 28.2 Å². The second-order valence-corrected chi connectivity index (χ2v) is 12.8. The van der Waals surface area contributed by atoms with E-state index in [1.165, 1.54) is 67.6 Å². The third-order valence-corrected chi connectivity index (χ3v) is 9.31. The maximum Gasteiger partial charge on any atom is 0.519 e. The van der Waals surface area contributed by atoms with Crippen LogP contribution in [0.2, 0.25) is 0 Å². The predicted octanol–water partition coefficient (Wildman–Crippen LogP) is 6.01. The van der Waals surface area contributed by atoms with E-state index in [9.17, 15) is 28.8 Å². The van der Waals surface area contributed by atoms with Crippen molar-refractivity contribution >= 4 is 33.5 Å². The van der Waals surface area contributed by atoms with Crippen molar-refractivity contribution in [2.24, 2.45) is 0 Å². The molecule has 2 aromatic heterocycles. The van der Waals surface area contributed by atoms with Gasteiger partial charge < -0.3 is 14.2 Å². The minimum absolute atomic E-state index is 0.0137. The molecule has 0 saturated heterocycles. The average molecular weight is 695 g/mol. The highest BCUT2D eigenvalue weighted by Crippen LogP contribution is 2.33. The molecule has 7 aromatic rings. The number of Topliss-reactive ketones (excluding diaryl/α,β-unsaturated/α-hetero) is 1. The molecule has 52 heavy (non-hydrogen) atoms. The molecule has 2 heterocycles. The van der Waals surface area contributed by atoms with E-state index in [1.807, 2.05) is 36.4 Å². The van der Waals surface area contributed by atoms with E-state index in [0.29, 0.717) is 5.56 Å². The smallest absolute Gasteiger partial charge is 0.497 e. The fourth-order valence-electron chi connectivity index (χ4n) is 6.28. The molecule has 0 saturated carbocycles. The lowest BCUT2D eigenvalue weighted by molar-refractivity contribution is 0.101. The van der Waals surface area contributed by atoms with Crippen LogP contribution in [0.25, 0.3) is 32.9 Å². The van der Waals surface area contributed by atoms with Crippen molar-refractivity contribution in [3.05, 3.63) is 167 Å². The van der Waals surface area contributed by atoms with Gasteiger partial charge in [-0.1, -0.05) is 38.1 Å². The standard InChI is InChI=1S/C41H30N2O9/c1-23(44)24-5-11-27(12-6-24)42-36(45)32-21-34-35(22-33(32)37(42)46)39(48)43(38(34)47)28-13-19-31(20-14-28)52-40(49)51-30-17-9-26(10-18-30)41(2,3)25-7-15-29(50-4)16-8-25/h5-22H,1-4H3. The molecule has 0 N–H and O–H groups in total. The Morgan fingerprint density at radius 3 is 1.23 bits per heavy atom. The van der Waals surface area contributed by atoms with Crippen molar-refractivity contribution in [1.29, 1.82) is 0 Å². The zero-order valence-electron chi connectivity index (χ0n) is 28.5. The summed E-state index contributed by atoms with van der Waals surface area (Å²) in [5, 5.41) is -0.0810. The summed E-state index contributed by atoms with van der Waals surface area (Å²) in [6.07, 6.45) is -0.983. The predicted molar refractivity (Wildman–Crippen MR) is 196 cm³/mol. The lowest BCUT2D eigenvalue weighted by atomic mass is 9.78. The molecule has 11 heteroatoms. The Balaban J connectivity index is 1.09. The van der Waals surface area contributed by atoms with Crippen molar-refractivity contribution in [1.82, 2.24) is 9.13 Å². The van der Waals surface area contributed by atoms with Gasteiger partial charge in [0.15, 0.2) is 5.78 Å². The monoisotopic (exact) mass is 694 g/mol. The summed E-state index contributed by atoms with van der Waals surface area (Å²) in [6, 6.07) is 29.1. The van der Waals surface area contributed by atoms with Gasteiger partial charge in [-0.05, 0) is 103 Å². The topological polar surface area (TPSA) is 140 Å². The molecule has 0 aliphatic carbocycles. The zero-order chi connectivity index (χ0) is 36.9. The normalized spacial score (nSPS) is 11.5. The van der Waals surface area contributed by atoms with Crippen molar-refractivity contribution in [3.8, 4) is 28.6 Å². The number of ether oxygens (including phenoxy) is 3. The third-order valence-electron chi connectivity index (χ3n) is 9.31. The minimum atomic E-state index is -0.983. The Hall–Kier alpha value is -6.88. The van der Waals surface area contributed by atoms with Gasteiger partial charge in [0, 0.05) is 11.0 Å². The molecule has 11 nitrogen and oxygen atoms in total. The molecule has 0 bridgehead atoms. The van der Waals surface area contributed by atoms with Crippen molar-refractivity contribution in [2.45, 2.75) is 26.2 Å². The maximum absolute atomic E-state index is 13.5. The SMILES string of the molecule is COc1ccc(C(C)(C)c2ccc(OC(=O)Oc3ccc(-n4c(=O)c5cc6c(=O)n(-c7ccc(C(C)=O)cc7)c(=O)c6cc5c4=O)cc3)cc2)cc1. The number of carbonyl (C=O) groups excluding carboxylic acids is 2. The van der Waals surface area contributed by atoms with E-state index in [4.69, 9.17) is 14.2 Å². The molecule has 0 radical (unpaired) electrons. The van der Waals surface area contributed by atoms with E-state index in [1.54, 1.807) is 19.2 Å². The molecular formula is C41H30N2O9. The fraction of sp³-hybridized carbons (Fsp3) is 0.122. The summed E-state index contributed by atoms with van der Waals surface area (Å²) in [4.78, 5) is 77.8. The van der Waals surface area contributed by atoms with Crippen LogP contribution < -0.4 is 36.4 Å². The van der Waals surface area contributed by atoms with Crippen LogP contribution in [0, 0.1) is 0 Å². The van der Waals surface area contributed by atoms with E-state index in [-0.39, 0.29) is 55.6 Å². The quantitative estimate of drug-likeness (QED) is 0.106. The number of hydrogen-bond acceptors (Lipinski definition) is 9. The second-order valence-electron chi connectivity index (χ2n) is 12.8. The number of benzene rings is 5. The van der Waals surface area contributed by atoms with Crippen LogP contribution in [-0.2, 0) is 5.41 Å². The van der Waals surface area contributed by atoms with Gasteiger partial charge in [-0.15, -0.1) is 0 Å². The number of ketones is 1. The molecule has 0 spiro atoms. The van der Waals surface area contributed by atoms with Crippen LogP contribution >= 0.6 is 0 Å². The summed E-state index contributed by atoms with van der Waals surface area (Å²) < 4.78 is 17.8. The molecular weight excluding hydrogens is 664 g/mol. The number of aromatic nitrogens is 2. The fourth-order valence-corrected chi connectivity index (χ4v) is 6.28. The Kier molecular flexibility index (Phi) is 8.26. The number of rotatable bonds is 8. The van der Waals surface area contributed by atoms with Gasteiger partial charge in [-0.25, -0.2) is 13.9 Å². The van der Waals surface area contributed by atoms with Gasteiger partial charge in [0.05, 0.1) is 40.0 Å². The Labute approximate surface area is 295 Å². The first kappa shape index (κ1) is 33.6. The van der Waals surface area contributed by atoms with Crippen molar-refractivity contribution in [3.63, 3.8) is 0 Å². The zero-order valence-corrected chi connectivity index (χ0v) is 28.5. The highest BCUT2D eigenvalue weighted by Gasteiger charge is 2.24. The average Bonchev–Trinajstić information content (AvgIpc) is 3.54. The second kappa shape index (κ2) is 12.8. The van der Waals surface area contributed by atoms with E-state index in [0.717, 1.165) is 26.0 Å². The van der Waals surface area contributed by atoms with Gasteiger partial charge in [-0.2, -0.15) is 0 Å². The van der Waals surface area contributed by atoms with E-state index < -0.39 is 28.4 Å². The summed E-state index contributed by atoms with van der Waals surface area (Å²) in [6.45, 7) is 5.58. The van der Waals surface area contributed by atoms with Crippen molar-refractivity contribution < 1.29 is 23.8 Å². The highest BCUT2D eigenvalue weighted by molar-refractivity contribution is 5.98. The number of methoxy groups -OCH3 is 1. The third kappa shape index (κ3) is 5.77. The van der Waals surface area contributed by atoms with Crippen LogP contribution in [0.1, 0.15) is 42.3 Å². The van der Waals surface area contributed by atoms with Crippen molar-refractivity contribution in [2.75, 3.05) is 7.11 Å². The summed E-state index contributed by atoms with van der Waals surface area (Å²) in [5.41, 5.74) is -0.0467. The van der Waals surface area contributed by atoms with Gasteiger partial charge in [0.25, 0.3) is 22.2 Å². The first-order valence-electron chi connectivity index (χ1n) is 16.2. The molecule has 0 amide bonds. The Morgan fingerprint density at radius 1 is 0.519 bits per heavy atom. The van der Waals surface area contributed by atoms with Gasteiger partial charge >= 0.3 is 6.16 Å². The van der Waals surface area contributed by atoms with Crippen LogP contribution in [0.5, 0.6) is 17.2 Å². The number of nitrogens with zero attached hydrogens (tertiary/aromatic N) is 2. The number of fused-ring (bicyclic) bond motifs is 2. The molecule has 0 unspecified atom stereocenters. The molecule has 7 rings (SSSR count). The summed E-state index contributed by atoms with van der Waals surface area (Å²) in [7, 11) is 1.62. The number of hydrogen-bond donors (Lipinski definition) is 0. The van der Waals surface area contributed by atoms with Gasteiger partial charge in [0.2, 0.25) is 0 Å². The summed E-state index contributed by atoms with van der Waals surface area (Å²) in [5.74, 6) is 0.985. The van der Waals surface area contributed by atoms with Gasteiger partial charge in [-0.3, -0.25) is 24.0 Å². The van der Waals surface area contributed by atoms with Crippen LogP contribution in [0.15, 0.2) is 128 Å². The minimum Gasteiger partial charge on any atom is -0.497 e. The van der Waals surface area contributed by atoms with Gasteiger partial charge in [0.1, 0.15) is 17.2 Å². The first-order valence-corrected chi connectivity index (χ1v) is 16.2. The Bertz CT molecular complexity index is 2650. The van der Waals surface area contributed by atoms with Crippen LogP contribution in [0.3, 0.4) is 0 Å². The number of carbonyl (C=O) groups is 2. The molecule has 0 fully saturated rings. The molecule has 0 aliphatic heterocycles. The largest absolute Gasteiger partial charge is 0.519 e. The van der Waals surface area contributed by atoms with E-state index in [2.05, 4.69) is 13.8 Å². The maximum atomic E-state index is 13.5. The Morgan fingerprint density at radius 2 is 0.865 bits per heavy atom. The molecule has 5 aromatic carbocycles. The lowest BCUT2D eigenvalue weighted by Gasteiger charge is -2.26. The lowest BCUT2D eigenvalue weighted by Crippen LogP contribution is -2.24. The first-order chi connectivity index (χ1) is 24.9.